The molecule has 0 atom stereocenters. The molecule has 0 unspecified atom stereocenters. The first-order valence-corrected chi connectivity index (χ1v) is 12.4. The number of rotatable bonds is 7. The van der Waals surface area contributed by atoms with Gasteiger partial charge in [0.1, 0.15) is 0 Å². The second-order valence-electron chi connectivity index (χ2n) is 8.70. The van der Waals surface area contributed by atoms with Crippen molar-refractivity contribution in [3.8, 4) is 11.3 Å². The van der Waals surface area contributed by atoms with Gasteiger partial charge in [-0.3, -0.25) is 25.0 Å². The molecule has 5 heterocycles. The summed E-state index contributed by atoms with van der Waals surface area (Å²) in [7, 11) is 0. The van der Waals surface area contributed by atoms with E-state index in [-0.39, 0.29) is 11.1 Å². The molecule has 35 heavy (non-hydrogen) atoms. The molecule has 2 fully saturated rings. The van der Waals surface area contributed by atoms with Crippen LogP contribution < -0.4 is 15.5 Å². The van der Waals surface area contributed by atoms with Crippen LogP contribution in [-0.2, 0) is 11.3 Å². The highest BCUT2D eigenvalue weighted by molar-refractivity contribution is 8.18. The lowest BCUT2D eigenvalue weighted by atomic mass is 9.97. The van der Waals surface area contributed by atoms with Crippen LogP contribution in [0, 0.1) is 12.8 Å². The van der Waals surface area contributed by atoms with Crippen molar-refractivity contribution in [3.63, 3.8) is 0 Å². The molecule has 0 aliphatic carbocycles. The number of imide groups is 1. The van der Waals surface area contributed by atoms with E-state index in [0.29, 0.717) is 22.5 Å². The second-order valence-corrected chi connectivity index (χ2v) is 9.72. The predicted octanol–water partition coefficient (Wildman–Crippen LogP) is 2.90. The van der Waals surface area contributed by atoms with Crippen LogP contribution in [0.3, 0.4) is 0 Å². The minimum absolute atomic E-state index is 0.351. The molecule has 0 bridgehead atoms. The summed E-state index contributed by atoms with van der Waals surface area (Å²) in [5.74, 6) is 0.836. The first-order valence-electron chi connectivity index (χ1n) is 11.5. The van der Waals surface area contributed by atoms with Crippen molar-refractivity contribution < 1.29 is 9.59 Å². The zero-order valence-electron chi connectivity index (χ0n) is 19.3. The van der Waals surface area contributed by atoms with Gasteiger partial charge in [0.15, 0.2) is 0 Å². The van der Waals surface area contributed by atoms with Crippen LogP contribution in [0.5, 0.6) is 0 Å². The Hall–Kier alpha value is -3.57. The Morgan fingerprint density at radius 2 is 2.09 bits per heavy atom. The highest BCUT2D eigenvalue weighted by Gasteiger charge is 2.25. The number of piperidine rings is 1. The van der Waals surface area contributed by atoms with Gasteiger partial charge in [0.05, 0.1) is 28.2 Å². The molecule has 0 saturated carbocycles. The second kappa shape index (κ2) is 10.4. The summed E-state index contributed by atoms with van der Waals surface area (Å²) in [6.07, 6.45) is 9.03. The van der Waals surface area contributed by atoms with Crippen LogP contribution in [-0.4, -0.2) is 55.9 Å². The van der Waals surface area contributed by atoms with Gasteiger partial charge in [-0.1, -0.05) is 0 Å². The zero-order valence-corrected chi connectivity index (χ0v) is 20.1. The Kier molecular flexibility index (Phi) is 6.87. The molecule has 180 valence electrons. The number of carbonyl (C=O) groups is 2. The zero-order chi connectivity index (χ0) is 24.2. The third kappa shape index (κ3) is 5.75. The molecule has 0 radical (unpaired) electrons. The van der Waals surface area contributed by atoms with E-state index >= 15 is 0 Å². The summed E-state index contributed by atoms with van der Waals surface area (Å²) in [4.78, 5) is 39.5. The van der Waals surface area contributed by atoms with Gasteiger partial charge >= 0.3 is 0 Å². The molecule has 10 nitrogen and oxygen atoms in total. The van der Waals surface area contributed by atoms with Gasteiger partial charge in [-0.25, -0.2) is 9.97 Å². The maximum absolute atomic E-state index is 11.8. The van der Waals surface area contributed by atoms with Gasteiger partial charge in [-0.2, -0.15) is 5.10 Å². The summed E-state index contributed by atoms with van der Waals surface area (Å²) in [6, 6.07) is 5.92. The minimum atomic E-state index is -0.382. The number of aromatic nitrogens is 5. The Labute approximate surface area is 207 Å². The van der Waals surface area contributed by atoms with Crippen molar-refractivity contribution in [1.29, 1.82) is 0 Å². The van der Waals surface area contributed by atoms with Crippen molar-refractivity contribution in [3.05, 3.63) is 58.6 Å². The number of hydrogen-bond acceptors (Lipinski definition) is 9. The fourth-order valence-electron chi connectivity index (χ4n) is 4.26. The van der Waals surface area contributed by atoms with E-state index in [0.717, 1.165) is 67.7 Å². The standard InChI is InChI=1S/C24H26N8O2S/c1-15-8-19(29-20(9-15)17-12-27-28-13-17)14-25-11-16-3-6-32(7-4-16)23-26-5-2-18(30-23)10-21-22(33)31-24(34)35-21/h2,5,8-10,12-13,16,25H,3-4,6-7,11,14H2,1H3,(H,27,28)(H,31,33,34). The van der Waals surface area contributed by atoms with E-state index < -0.39 is 0 Å². The molecule has 3 aromatic heterocycles. The van der Waals surface area contributed by atoms with Gasteiger partial charge in [0.25, 0.3) is 11.1 Å². The highest BCUT2D eigenvalue weighted by Crippen LogP contribution is 2.26. The third-order valence-electron chi connectivity index (χ3n) is 6.04. The summed E-state index contributed by atoms with van der Waals surface area (Å²) >= 11 is 0.889. The summed E-state index contributed by atoms with van der Waals surface area (Å²) < 4.78 is 0. The Balaban J connectivity index is 1.12. The lowest BCUT2D eigenvalue weighted by Crippen LogP contribution is -2.38. The number of hydrogen-bond donors (Lipinski definition) is 3. The average molecular weight is 491 g/mol. The average Bonchev–Trinajstić information content (AvgIpc) is 3.49. The van der Waals surface area contributed by atoms with Gasteiger partial charge in [-0.05, 0) is 73.8 Å². The van der Waals surface area contributed by atoms with Crippen LogP contribution in [0.2, 0.25) is 0 Å². The normalized spacial score (nSPS) is 17.9. The van der Waals surface area contributed by atoms with E-state index in [2.05, 4.69) is 54.8 Å². The first-order chi connectivity index (χ1) is 17.0. The number of aryl methyl sites for hydroxylation is 1. The molecule has 0 aromatic carbocycles. The van der Waals surface area contributed by atoms with Gasteiger partial charge in [0.2, 0.25) is 5.95 Å². The smallest absolute Gasteiger partial charge is 0.290 e. The van der Waals surface area contributed by atoms with Crippen molar-refractivity contribution in [1.82, 2.24) is 35.8 Å². The number of pyridine rings is 1. The lowest BCUT2D eigenvalue weighted by Gasteiger charge is -2.32. The largest absolute Gasteiger partial charge is 0.341 e. The summed E-state index contributed by atoms with van der Waals surface area (Å²) in [6.45, 7) is 5.47. The van der Waals surface area contributed by atoms with Crippen LogP contribution in [0.25, 0.3) is 17.3 Å². The maximum Gasteiger partial charge on any atom is 0.290 e. The molecule has 11 heteroatoms. The number of H-pyrrole nitrogens is 1. The number of anilines is 1. The van der Waals surface area contributed by atoms with E-state index in [1.54, 1.807) is 24.5 Å². The maximum atomic E-state index is 11.8. The summed E-state index contributed by atoms with van der Waals surface area (Å²) in [5.41, 5.74) is 4.74. The van der Waals surface area contributed by atoms with E-state index in [4.69, 9.17) is 4.98 Å². The first kappa shape index (κ1) is 23.2. The minimum Gasteiger partial charge on any atom is -0.341 e. The molecular weight excluding hydrogens is 464 g/mol. The molecule has 3 aromatic rings. The Morgan fingerprint density at radius 3 is 2.83 bits per heavy atom. The fraction of sp³-hybridized carbons (Fsp3) is 0.333. The lowest BCUT2D eigenvalue weighted by molar-refractivity contribution is -0.115. The van der Waals surface area contributed by atoms with Crippen LogP contribution >= 0.6 is 11.8 Å². The topological polar surface area (TPSA) is 129 Å². The van der Waals surface area contributed by atoms with E-state index in [1.165, 1.54) is 5.56 Å². The molecule has 2 aliphatic heterocycles. The highest BCUT2D eigenvalue weighted by atomic mass is 32.2. The van der Waals surface area contributed by atoms with Crippen LogP contribution in [0.15, 0.2) is 41.7 Å². The molecule has 2 saturated heterocycles. The third-order valence-corrected chi connectivity index (χ3v) is 6.85. The summed E-state index contributed by atoms with van der Waals surface area (Å²) in [5, 5.41) is 12.3. The fourth-order valence-corrected chi connectivity index (χ4v) is 4.93. The monoisotopic (exact) mass is 490 g/mol. The number of carbonyl (C=O) groups excluding carboxylic acids is 2. The number of nitrogens with zero attached hydrogens (tertiary/aromatic N) is 5. The van der Waals surface area contributed by atoms with Crippen molar-refractivity contribution in [2.75, 3.05) is 24.5 Å². The van der Waals surface area contributed by atoms with E-state index in [1.807, 2.05) is 6.20 Å². The predicted molar refractivity (Wildman–Crippen MR) is 134 cm³/mol. The molecule has 0 spiro atoms. The quantitative estimate of drug-likeness (QED) is 0.428. The molecule has 3 N–H and O–H groups in total. The van der Waals surface area contributed by atoms with Crippen molar-refractivity contribution in [2.24, 2.45) is 5.92 Å². The molecular formula is C24H26N8O2S. The van der Waals surface area contributed by atoms with Crippen LogP contribution in [0.4, 0.5) is 10.7 Å². The van der Waals surface area contributed by atoms with Gasteiger partial charge in [0, 0.05) is 37.6 Å². The van der Waals surface area contributed by atoms with Crippen molar-refractivity contribution >= 4 is 34.9 Å². The number of aromatic amines is 1. The van der Waals surface area contributed by atoms with E-state index in [9.17, 15) is 9.59 Å². The molecule has 5 rings (SSSR count). The van der Waals surface area contributed by atoms with Crippen LogP contribution in [0.1, 0.15) is 29.8 Å². The van der Waals surface area contributed by atoms with Gasteiger partial charge in [-0.15, -0.1) is 0 Å². The molecule has 2 amide bonds. The Morgan fingerprint density at radius 1 is 1.23 bits per heavy atom. The SMILES string of the molecule is Cc1cc(CNCC2CCN(c3nccc(C=C4SC(=O)NC4=O)n3)CC2)nc(-c2cn[nH]c2)c1. The number of nitrogens with one attached hydrogen (secondary N) is 3. The Bertz CT molecular complexity index is 1250. The molecule has 2 aliphatic rings. The van der Waals surface area contributed by atoms with Gasteiger partial charge < -0.3 is 10.2 Å². The number of thioether (sulfide) groups is 1. The van der Waals surface area contributed by atoms with Crippen molar-refractivity contribution in [2.45, 2.75) is 26.3 Å². The number of amides is 2.